The van der Waals surface area contributed by atoms with Gasteiger partial charge in [-0.1, -0.05) is 63.8 Å². The first kappa shape index (κ1) is 18.9. The molecule has 2 aromatic heterocycles. The molecule has 144 valence electrons. The van der Waals surface area contributed by atoms with Gasteiger partial charge in [-0.15, -0.1) is 0 Å². The summed E-state index contributed by atoms with van der Waals surface area (Å²) in [5, 5.41) is 3.94. The molecule has 2 nitrogen and oxygen atoms in total. The maximum atomic E-state index is 6.41. The lowest BCUT2D eigenvalue weighted by Crippen LogP contribution is -2.37. The quantitative estimate of drug-likeness (QED) is 0.352. The number of hydrogen-bond acceptors (Lipinski definition) is 2. The normalized spacial score (nSPS) is 13.4. The number of hydrogen-bond donors (Lipinski definition) is 0. The number of fused-ring (bicyclic) bond motifs is 3. The second-order valence-electron chi connectivity index (χ2n) is 8.96. The fourth-order valence-electron chi connectivity index (χ4n) is 4.02. The largest absolute Gasteiger partial charge is 0.455 e. The molecule has 0 aliphatic carbocycles. The van der Waals surface area contributed by atoms with Crippen LogP contribution in [0.4, 0.5) is 0 Å². The van der Waals surface area contributed by atoms with Gasteiger partial charge in [0.05, 0.1) is 13.8 Å². The molecular weight excluding hydrogens is 358 g/mol. The SMILES string of the molecule is CCC(C)c1cnc(-c2ccc([Si](C)(C)C)c3c2oc2ccccc23)c(C)c1. The Morgan fingerprint density at radius 1 is 1.07 bits per heavy atom. The van der Waals surface area contributed by atoms with Crippen LogP contribution in [0.15, 0.2) is 53.1 Å². The summed E-state index contributed by atoms with van der Waals surface area (Å²) >= 11 is 0. The zero-order valence-electron chi connectivity index (χ0n) is 17.8. The van der Waals surface area contributed by atoms with Gasteiger partial charge in [0.15, 0.2) is 0 Å². The number of aromatic nitrogens is 1. The average Bonchev–Trinajstić information content (AvgIpc) is 3.05. The van der Waals surface area contributed by atoms with Crippen LogP contribution in [-0.2, 0) is 0 Å². The monoisotopic (exact) mass is 387 g/mol. The second kappa shape index (κ2) is 6.89. The first-order valence-electron chi connectivity index (χ1n) is 10.2. The molecule has 0 N–H and O–H groups in total. The van der Waals surface area contributed by atoms with Gasteiger partial charge in [0.1, 0.15) is 11.2 Å². The van der Waals surface area contributed by atoms with Gasteiger partial charge < -0.3 is 4.42 Å². The average molecular weight is 388 g/mol. The van der Waals surface area contributed by atoms with Crippen molar-refractivity contribution in [3.8, 4) is 11.3 Å². The molecule has 0 aliphatic heterocycles. The summed E-state index contributed by atoms with van der Waals surface area (Å²) < 4.78 is 6.41. The van der Waals surface area contributed by atoms with Crippen LogP contribution in [0.25, 0.3) is 33.2 Å². The molecule has 0 radical (unpaired) electrons. The van der Waals surface area contributed by atoms with Crippen molar-refractivity contribution < 1.29 is 4.42 Å². The molecule has 4 rings (SSSR count). The number of para-hydroxylation sites is 1. The predicted molar refractivity (Wildman–Crippen MR) is 123 cm³/mol. The Balaban J connectivity index is 2.02. The maximum absolute atomic E-state index is 6.41. The van der Waals surface area contributed by atoms with Gasteiger partial charge in [-0.05, 0) is 47.7 Å². The summed E-state index contributed by atoms with van der Waals surface area (Å²) in [6, 6.07) is 15.2. The van der Waals surface area contributed by atoms with Crippen molar-refractivity contribution in [2.45, 2.75) is 52.8 Å². The topological polar surface area (TPSA) is 26.0 Å². The van der Waals surface area contributed by atoms with Crippen LogP contribution in [0.5, 0.6) is 0 Å². The predicted octanol–water partition coefficient (Wildman–Crippen LogP) is 7.02. The highest BCUT2D eigenvalue weighted by molar-refractivity contribution is 6.90. The van der Waals surface area contributed by atoms with E-state index in [0.717, 1.165) is 28.8 Å². The summed E-state index contributed by atoms with van der Waals surface area (Å²) in [5.41, 5.74) is 6.58. The van der Waals surface area contributed by atoms with E-state index < -0.39 is 8.07 Å². The number of furan rings is 1. The minimum absolute atomic E-state index is 0.528. The van der Waals surface area contributed by atoms with Crippen molar-refractivity contribution in [2.24, 2.45) is 0 Å². The van der Waals surface area contributed by atoms with Gasteiger partial charge in [0.25, 0.3) is 0 Å². The molecule has 1 unspecified atom stereocenters. The van der Waals surface area contributed by atoms with Crippen LogP contribution in [0.1, 0.15) is 37.3 Å². The first-order chi connectivity index (χ1) is 13.3. The van der Waals surface area contributed by atoms with E-state index >= 15 is 0 Å². The van der Waals surface area contributed by atoms with Crippen LogP contribution < -0.4 is 5.19 Å². The third-order valence-corrected chi connectivity index (χ3v) is 7.90. The zero-order valence-corrected chi connectivity index (χ0v) is 18.8. The van der Waals surface area contributed by atoms with E-state index in [0.29, 0.717) is 5.92 Å². The Morgan fingerprint density at radius 2 is 1.82 bits per heavy atom. The highest BCUT2D eigenvalue weighted by Crippen LogP contribution is 2.36. The van der Waals surface area contributed by atoms with E-state index in [-0.39, 0.29) is 0 Å². The van der Waals surface area contributed by atoms with E-state index in [1.165, 1.54) is 27.1 Å². The Bertz CT molecular complexity index is 1170. The molecule has 28 heavy (non-hydrogen) atoms. The fourth-order valence-corrected chi connectivity index (χ4v) is 5.60. The number of pyridine rings is 1. The Labute approximate surface area is 168 Å². The van der Waals surface area contributed by atoms with Gasteiger partial charge >= 0.3 is 0 Å². The number of nitrogens with zero attached hydrogens (tertiary/aromatic N) is 1. The summed E-state index contributed by atoms with van der Waals surface area (Å²) in [5.74, 6) is 0.528. The highest BCUT2D eigenvalue weighted by Gasteiger charge is 2.25. The fraction of sp³-hybridized carbons (Fsp3) is 0.320. The van der Waals surface area contributed by atoms with Crippen LogP contribution in [0.2, 0.25) is 19.6 Å². The molecule has 2 aromatic carbocycles. The van der Waals surface area contributed by atoms with E-state index in [9.17, 15) is 0 Å². The van der Waals surface area contributed by atoms with E-state index in [1.807, 2.05) is 12.3 Å². The molecule has 0 saturated carbocycles. The van der Waals surface area contributed by atoms with Gasteiger partial charge in [0, 0.05) is 22.5 Å². The molecule has 0 saturated heterocycles. The molecule has 3 heteroatoms. The molecule has 0 bridgehead atoms. The summed E-state index contributed by atoms with van der Waals surface area (Å²) in [6.07, 6.45) is 3.16. The lowest BCUT2D eigenvalue weighted by Gasteiger charge is -2.19. The van der Waals surface area contributed by atoms with Crippen LogP contribution in [0, 0.1) is 6.92 Å². The summed E-state index contributed by atoms with van der Waals surface area (Å²) in [6.45, 7) is 13.8. The van der Waals surface area contributed by atoms with E-state index in [1.54, 1.807) is 0 Å². The summed E-state index contributed by atoms with van der Waals surface area (Å²) in [4.78, 5) is 4.88. The first-order valence-corrected chi connectivity index (χ1v) is 13.7. The van der Waals surface area contributed by atoms with Crippen LogP contribution in [-0.4, -0.2) is 13.1 Å². The van der Waals surface area contributed by atoms with E-state index in [4.69, 9.17) is 9.40 Å². The maximum Gasteiger partial charge on any atom is 0.144 e. The molecule has 0 aliphatic rings. The Kier molecular flexibility index (Phi) is 4.66. The molecule has 1 atom stereocenters. The number of benzene rings is 2. The van der Waals surface area contributed by atoms with Gasteiger partial charge in [-0.2, -0.15) is 0 Å². The minimum atomic E-state index is -1.53. The van der Waals surface area contributed by atoms with Crippen molar-refractivity contribution in [1.29, 1.82) is 0 Å². The van der Waals surface area contributed by atoms with Crippen molar-refractivity contribution in [3.05, 3.63) is 59.8 Å². The molecule has 0 spiro atoms. The zero-order chi connectivity index (χ0) is 20.1. The van der Waals surface area contributed by atoms with E-state index in [2.05, 4.69) is 76.8 Å². The van der Waals surface area contributed by atoms with Crippen molar-refractivity contribution >= 4 is 35.2 Å². The second-order valence-corrected chi connectivity index (χ2v) is 14.0. The van der Waals surface area contributed by atoms with Crippen LogP contribution in [0.3, 0.4) is 0 Å². The summed E-state index contributed by atoms with van der Waals surface area (Å²) in [7, 11) is -1.53. The highest BCUT2D eigenvalue weighted by atomic mass is 28.3. The molecule has 4 aromatic rings. The molecular formula is C25H29NOSi. The lowest BCUT2D eigenvalue weighted by molar-refractivity contribution is 0.670. The standard InChI is InChI=1S/C25H29NOSi/c1-7-16(2)18-14-17(3)24(26-15-18)20-12-13-22(28(4,5)6)23-19-10-8-9-11-21(19)27-25(20)23/h8-16H,7H2,1-6H3. The van der Waals surface area contributed by atoms with Gasteiger partial charge in [-0.3, -0.25) is 4.98 Å². The van der Waals surface area contributed by atoms with Crippen LogP contribution >= 0.6 is 0 Å². The van der Waals surface area contributed by atoms with Crippen molar-refractivity contribution in [1.82, 2.24) is 4.98 Å². The van der Waals surface area contributed by atoms with Gasteiger partial charge in [0.2, 0.25) is 0 Å². The van der Waals surface area contributed by atoms with Gasteiger partial charge in [-0.25, -0.2) is 0 Å². The van der Waals surface area contributed by atoms with Crippen molar-refractivity contribution in [3.63, 3.8) is 0 Å². The van der Waals surface area contributed by atoms with Crippen molar-refractivity contribution in [2.75, 3.05) is 0 Å². The lowest BCUT2D eigenvalue weighted by atomic mass is 9.96. The number of aryl methyl sites for hydroxylation is 1. The third-order valence-electron chi connectivity index (χ3n) is 5.87. The number of rotatable bonds is 4. The molecule has 2 heterocycles. The minimum Gasteiger partial charge on any atom is -0.455 e. The molecule has 0 fully saturated rings. The third kappa shape index (κ3) is 3.08. The molecule has 0 amide bonds. The smallest absolute Gasteiger partial charge is 0.144 e. The Hall–Kier alpha value is -2.39. The Morgan fingerprint density at radius 3 is 2.50 bits per heavy atom.